The number of anilines is 3. The smallest absolute Gasteiger partial charge is 0.162 e. The van der Waals surface area contributed by atoms with Crippen molar-refractivity contribution >= 4 is 17.1 Å². The SMILES string of the molecule is c1ccc(-c2cc(-c3ccccn3)nc(-c3ccccc3N3c4ccccc4Oc4ccccc43)n2)cc1. The Balaban J connectivity index is 1.46. The van der Waals surface area contributed by atoms with Crippen molar-refractivity contribution < 1.29 is 4.74 Å². The van der Waals surface area contributed by atoms with Crippen molar-refractivity contribution in [3.8, 4) is 45.5 Å². The van der Waals surface area contributed by atoms with Gasteiger partial charge in [-0.2, -0.15) is 0 Å². The van der Waals surface area contributed by atoms with Crippen molar-refractivity contribution in [1.29, 1.82) is 0 Å². The van der Waals surface area contributed by atoms with E-state index in [1.54, 1.807) is 6.20 Å². The third-order valence-corrected chi connectivity index (χ3v) is 6.54. The van der Waals surface area contributed by atoms with E-state index < -0.39 is 0 Å². The summed E-state index contributed by atoms with van der Waals surface area (Å²) < 4.78 is 6.25. The highest BCUT2D eigenvalue weighted by molar-refractivity contribution is 5.92. The minimum Gasteiger partial charge on any atom is -0.453 e. The molecular weight excluding hydrogens is 468 g/mol. The number of hydrogen-bond donors (Lipinski definition) is 0. The maximum absolute atomic E-state index is 6.25. The van der Waals surface area contributed by atoms with Gasteiger partial charge in [0.05, 0.1) is 34.1 Å². The van der Waals surface area contributed by atoms with E-state index in [1.165, 1.54) is 0 Å². The topological polar surface area (TPSA) is 51.1 Å². The average molecular weight is 491 g/mol. The zero-order chi connectivity index (χ0) is 25.3. The molecule has 0 saturated carbocycles. The summed E-state index contributed by atoms with van der Waals surface area (Å²) in [5, 5.41) is 0. The van der Waals surface area contributed by atoms with Gasteiger partial charge >= 0.3 is 0 Å². The highest BCUT2D eigenvalue weighted by Gasteiger charge is 2.27. The second-order valence-electron chi connectivity index (χ2n) is 8.93. The fourth-order valence-corrected chi connectivity index (χ4v) is 4.79. The summed E-state index contributed by atoms with van der Waals surface area (Å²) in [5.74, 6) is 2.23. The van der Waals surface area contributed by atoms with Crippen molar-refractivity contribution in [2.24, 2.45) is 0 Å². The summed E-state index contributed by atoms with van der Waals surface area (Å²) in [6.07, 6.45) is 1.79. The van der Waals surface area contributed by atoms with Crippen LogP contribution in [0.3, 0.4) is 0 Å². The van der Waals surface area contributed by atoms with Crippen LogP contribution in [-0.2, 0) is 0 Å². The minimum absolute atomic E-state index is 0.629. The van der Waals surface area contributed by atoms with Crippen molar-refractivity contribution in [2.75, 3.05) is 4.90 Å². The second kappa shape index (κ2) is 9.30. The lowest BCUT2D eigenvalue weighted by Crippen LogP contribution is -2.16. The quantitative estimate of drug-likeness (QED) is 0.248. The molecule has 0 aliphatic carbocycles. The lowest BCUT2D eigenvalue weighted by Gasteiger charge is -2.33. The van der Waals surface area contributed by atoms with Crippen LogP contribution in [-0.4, -0.2) is 15.0 Å². The predicted octanol–water partition coefficient (Wildman–Crippen LogP) is 8.45. The molecule has 0 N–H and O–H groups in total. The molecule has 4 aromatic carbocycles. The molecule has 180 valence electrons. The molecule has 38 heavy (non-hydrogen) atoms. The monoisotopic (exact) mass is 490 g/mol. The molecule has 0 spiro atoms. The number of ether oxygens (including phenoxy) is 1. The normalized spacial score (nSPS) is 11.8. The van der Waals surface area contributed by atoms with E-state index >= 15 is 0 Å². The molecule has 0 saturated heterocycles. The molecule has 0 amide bonds. The molecule has 7 rings (SSSR count). The summed E-state index contributed by atoms with van der Waals surface area (Å²) >= 11 is 0. The Bertz CT molecular complexity index is 1650. The molecule has 0 unspecified atom stereocenters. The highest BCUT2D eigenvalue weighted by atomic mass is 16.5. The van der Waals surface area contributed by atoms with E-state index in [9.17, 15) is 0 Å². The molecule has 0 bridgehead atoms. The molecule has 5 nitrogen and oxygen atoms in total. The fourth-order valence-electron chi connectivity index (χ4n) is 4.79. The van der Waals surface area contributed by atoms with Crippen LogP contribution in [0, 0.1) is 0 Å². The Morgan fingerprint density at radius 3 is 1.82 bits per heavy atom. The first-order chi connectivity index (χ1) is 18.8. The van der Waals surface area contributed by atoms with Gasteiger partial charge in [0, 0.05) is 17.3 Å². The number of hydrogen-bond acceptors (Lipinski definition) is 5. The third kappa shape index (κ3) is 3.87. The van der Waals surface area contributed by atoms with E-state index in [0.29, 0.717) is 5.82 Å². The van der Waals surface area contributed by atoms with Gasteiger partial charge < -0.3 is 9.64 Å². The van der Waals surface area contributed by atoms with E-state index in [2.05, 4.69) is 46.3 Å². The molecule has 1 aliphatic rings. The van der Waals surface area contributed by atoms with Gasteiger partial charge in [-0.1, -0.05) is 72.8 Å². The maximum atomic E-state index is 6.25. The fraction of sp³-hybridized carbons (Fsp3) is 0. The number of nitrogens with zero attached hydrogens (tertiary/aromatic N) is 4. The number of aromatic nitrogens is 3. The molecule has 0 radical (unpaired) electrons. The molecule has 3 heterocycles. The molecular formula is C33H22N4O. The lowest BCUT2D eigenvalue weighted by atomic mass is 10.1. The molecule has 0 fully saturated rings. The molecule has 0 atom stereocenters. The van der Waals surface area contributed by atoms with Gasteiger partial charge in [-0.05, 0) is 54.6 Å². The van der Waals surface area contributed by atoms with Crippen LogP contribution < -0.4 is 9.64 Å². The Hall–Kier alpha value is -5.29. The Morgan fingerprint density at radius 1 is 0.500 bits per heavy atom. The maximum Gasteiger partial charge on any atom is 0.162 e. The van der Waals surface area contributed by atoms with Crippen molar-refractivity contribution in [3.05, 3.63) is 134 Å². The van der Waals surface area contributed by atoms with Crippen LogP contribution in [0.15, 0.2) is 134 Å². The van der Waals surface area contributed by atoms with Gasteiger partial charge in [0.1, 0.15) is 0 Å². The zero-order valence-corrected chi connectivity index (χ0v) is 20.4. The highest BCUT2D eigenvalue weighted by Crippen LogP contribution is 2.51. The van der Waals surface area contributed by atoms with Gasteiger partial charge in [-0.25, -0.2) is 9.97 Å². The number of rotatable bonds is 4. The van der Waals surface area contributed by atoms with Crippen LogP contribution in [0.25, 0.3) is 34.0 Å². The van der Waals surface area contributed by atoms with Gasteiger partial charge in [0.15, 0.2) is 17.3 Å². The van der Waals surface area contributed by atoms with Crippen molar-refractivity contribution in [1.82, 2.24) is 15.0 Å². The first-order valence-corrected chi connectivity index (χ1v) is 12.5. The Morgan fingerprint density at radius 2 is 1.11 bits per heavy atom. The summed E-state index contributed by atoms with van der Waals surface area (Å²) in [5.41, 5.74) is 7.23. The summed E-state index contributed by atoms with van der Waals surface area (Å²) in [4.78, 5) is 16.9. The average Bonchev–Trinajstić information content (AvgIpc) is 3.00. The van der Waals surface area contributed by atoms with Crippen LogP contribution in [0.5, 0.6) is 11.5 Å². The van der Waals surface area contributed by atoms with Crippen LogP contribution in [0.2, 0.25) is 0 Å². The van der Waals surface area contributed by atoms with E-state index in [4.69, 9.17) is 14.7 Å². The number of fused-ring (bicyclic) bond motifs is 2. The standard InChI is InChI=1S/C33H22N4O/c1-2-12-23(13-3-1)26-22-27(25-15-10-11-21-34-25)36-33(35-26)24-14-4-5-16-28(24)37-29-17-6-8-19-31(29)38-32-20-9-7-18-30(32)37/h1-22H. The second-order valence-corrected chi connectivity index (χ2v) is 8.93. The van der Waals surface area contributed by atoms with Gasteiger partial charge in [0.2, 0.25) is 0 Å². The summed E-state index contributed by atoms with van der Waals surface area (Å²) in [6.45, 7) is 0. The van der Waals surface area contributed by atoms with E-state index in [1.807, 2.05) is 91.0 Å². The van der Waals surface area contributed by atoms with Gasteiger partial charge in [-0.15, -0.1) is 0 Å². The summed E-state index contributed by atoms with van der Waals surface area (Å²) in [7, 11) is 0. The largest absolute Gasteiger partial charge is 0.453 e. The van der Waals surface area contributed by atoms with Gasteiger partial charge in [0.25, 0.3) is 0 Å². The summed E-state index contributed by atoms with van der Waals surface area (Å²) in [6, 6.07) is 42.4. The minimum atomic E-state index is 0.629. The Kier molecular flexibility index (Phi) is 5.37. The lowest BCUT2D eigenvalue weighted by molar-refractivity contribution is 0.477. The van der Waals surface area contributed by atoms with Crippen molar-refractivity contribution in [3.63, 3.8) is 0 Å². The zero-order valence-electron chi connectivity index (χ0n) is 20.4. The molecule has 2 aromatic heterocycles. The van der Waals surface area contributed by atoms with Gasteiger partial charge in [-0.3, -0.25) is 4.98 Å². The van der Waals surface area contributed by atoms with Crippen molar-refractivity contribution in [2.45, 2.75) is 0 Å². The first kappa shape index (κ1) is 21.9. The van der Waals surface area contributed by atoms with Crippen LogP contribution in [0.1, 0.15) is 0 Å². The first-order valence-electron chi connectivity index (χ1n) is 12.5. The molecule has 6 aromatic rings. The van der Waals surface area contributed by atoms with E-state index in [0.717, 1.165) is 56.8 Å². The Labute approximate surface area is 220 Å². The van der Waals surface area contributed by atoms with E-state index in [-0.39, 0.29) is 0 Å². The predicted molar refractivity (Wildman–Crippen MR) is 151 cm³/mol. The number of benzene rings is 4. The third-order valence-electron chi connectivity index (χ3n) is 6.54. The van der Waals surface area contributed by atoms with Crippen LogP contribution in [0.4, 0.5) is 17.1 Å². The molecule has 1 aliphatic heterocycles. The van der Waals surface area contributed by atoms with Crippen LogP contribution >= 0.6 is 0 Å². The molecule has 5 heteroatoms. The number of para-hydroxylation sites is 5. The number of pyridine rings is 1.